The zero-order valence-corrected chi connectivity index (χ0v) is 13.6. The van der Waals surface area contributed by atoms with Crippen molar-refractivity contribution in [3.05, 3.63) is 29.0 Å². The molecule has 22 heavy (non-hydrogen) atoms. The summed E-state index contributed by atoms with van der Waals surface area (Å²) >= 11 is 5.83. The van der Waals surface area contributed by atoms with Crippen molar-refractivity contribution in [2.24, 2.45) is 0 Å². The molecule has 6 heteroatoms. The summed E-state index contributed by atoms with van der Waals surface area (Å²) in [6.07, 6.45) is 0.561. The lowest BCUT2D eigenvalue weighted by Crippen LogP contribution is -2.53. The Morgan fingerprint density at radius 2 is 2.05 bits per heavy atom. The number of anilines is 1. The molecule has 1 amide bonds. The maximum atomic E-state index is 13.3. The molecule has 1 heterocycles. The molecule has 1 fully saturated rings. The lowest BCUT2D eigenvalue weighted by atomic mass is 10.1. The van der Waals surface area contributed by atoms with Crippen LogP contribution >= 0.6 is 11.6 Å². The number of piperazine rings is 1. The van der Waals surface area contributed by atoms with Crippen molar-refractivity contribution >= 4 is 29.0 Å². The zero-order chi connectivity index (χ0) is 16.3. The van der Waals surface area contributed by atoms with E-state index in [4.69, 9.17) is 11.6 Å². The Morgan fingerprint density at radius 1 is 1.32 bits per heavy atom. The Kier molecular flexibility index (Phi) is 5.40. The van der Waals surface area contributed by atoms with Gasteiger partial charge in [0.25, 0.3) is 0 Å². The van der Waals surface area contributed by atoms with Crippen LogP contribution in [0.25, 0.3) is 0 Å². The molecule has 0 N–H and O–H groups in total. The molecule has 120 valence electrons. The fourth-order valence-corrected chi connectivity index (χ4v) is 2.85. The predicted octanol–water partition coefficient (Wildman–Crippen LogP) is 2.89. The van der Waals surface area contributed by atoms with E-state index in [1.807, 2.05) is 6.92 Å². The second-order valence-corrected chi connectivity index (χ2v) is 6.09. The molecule has 0 unspecified atom stereocenters. The van der Waals surface area contributed by atoms with Gasteiger partial charge >= 0.3 is 0 Å². The summed E-state index contributed by atoms with van der Waals surface area (Å²) < 4.78 is 13.3. The summed E-state index contributed by atoms with van der Waals surface area (Å²) in [5, 5.41) is 0.102. The van der Waals surface area contributed by atoms with Gasteiger partial charge in [0.1, 0.15) is 11.6 Å². The van der Waals surface area contributed by atoms with Gasteiger partial charge in [0.15, 0.2) is 0 Å². The van der Waals surface area contributed by atoms with E-state index in [1.54, 1.807) is 17.0 Å². The Hall–Kier alpha value is -1.62. The highest BCUT2D eigenvalue weighted by Gasteiger charge is 2.27. The van der Waals surface area contributed by atoms with Gasteiger partial charge in [0, 0.05) is 44.2 Å². The molecular weight excluding hydrogens is 307 g/mol. The van der Waals surface area contributed by atoms with Crippen molar-refractivity contribution in [3.8, 4) is 0 Å². The normalized spacial score (nSPS) is 18.5. The number of benzene rings is 1. The van der Waals surface area contributed by atoms with E-state index in [-0.39, 0.29) is 29.2 Å². The van der Waals surface area contributed by atoms with Crippen molar-refractivity contribution in [3.63, 3.8) is 0 Å². The van der Waals surface area contributed by atoms with Gasteiger partial charge < -0.3 is 14.6 Å². The number of carbonyl (C=O) groups is 2. The van der Waals surface area contributed by atoms with Gasteiger partial charge in [-0.1, -0.05) is 11.6 Å². The number of rotatable bonds is 4. The van der Waals surface area contributed by atoms with Crippen molar-refractivity contribution in [2.45, 2.75) is 32.7 Å². The standard InChI is InChI=1S/C16H20ClFN2O2/c1-11-10-19(16(22)6-3-12(2)21)7-8-20(11)13-4-5-15(18)14(17)9-13/h4-5,9,11H,3,6-8,10H2,1-2H3/t11-/m0/s1. The molecule has 1 aliphatic heterocycles. The number of amides is 1. The fraction of sp³-hybridized carbons (Fsp3) is 0.500. The average molecular weight is 327 g/mol. The van der Waals surface area contributed by atoms with Crippen LogP contribution in [0.2, 0.25) is 5.02 Å². The number of hydrogen-bond donors (Lipinski definition) is 0. The Morgan fingerprint density at radius 3 is 2.64 bits per heavy atom. The fourth-order valence-electron chi connectivity index (χ4n) is 2.67. The lowest BCUT2D eigenvalue weighted by Gasteiger charge is -2.41. The SMILES string of the molecule is CC(=O)CCC(=O)N1CCN(c2ccc(F)c(Cl)c2)[C@@H](C)C1. The van der Waals surface area contributed by atoms with Crippen LogP contribution in [-0.4, -0.2) is 42.3 Å². The number of Topliss-reactive ketones (excluding diaryl/α,β-unsaturated/α-hetero) is 1. The summed E-state index contributed by atoms with van der Waals surface area (Å²) in [5.41, 5.74) is 0.856. The molecule has 1 aromatic carbocycles. The molecule has 1 saturated heterocycles. The van der Waals surface area contributed by atoms with Crippen LogP contribution < -0.4 is 4.90 Å². The van der Waals surface area contributed by atoms with Gasteiger partial charge in [-0.05, 0) is 32.0 Å². The zero-order valence-electron chi connectivity index (χ0n) is 12.8. The highest BCUT2D eigenvalue weighted by atomic mass is 35.5. The molecule has 4 nitrogen and oxygen atoms in total. The molecule has 0 bridgehead atoms. The number of hydrogen-bond acceptors (Lipinski definition) is 3. The van der Waals surface area contributed by atoms with E-state index >= 15 is 0 Å². The van der Waals surface area contributed by atoms with Crippen LogP contribution in [0.3, 0.4) is 0 Å². The van der Waals surface area contributed by atoms with Crippen molar-refractivity contribution in [2.75, 3.05) is 24.5 Å². The third-order valence-corrected chi connectivity index (χ3v) is 4.20. The highest BCUT2D eigenvalue weighted by Crippen LogP contribution is 2.26. The molecule has 2 rings (SSSR count). The van der Waals surface area contributed by atoms with Crippen LogP contribution in [0.1, 0.15) is 26.7 Å². The molecule has 0 aliphatic carbocycles. The highest BCUT2D eigenvalue weighted by molar-refractivity contribution is 6.31. The molecule has 1 atom stereocenters. The van der Waals surface area contributed by atoms with E-state index in [0.717, 1.165) is 5.69 Å². The van der Waals surface area contributed by atoms with Gasteiger partial charge in [-0.25, -0.2) is 4.39 Å². The smallest absolute Gasteiger partial charge is 0.223 e. The Labute approximate surface area is 134 Å². The molecule has 0 aromatic heterocycles. The van der Waals surface area contributed by atoms with Crippen molar-refractivity contribution in [1.29, 1.82) is 0 Å². The number of halogens is 2. The predicted molar refractivity (Wildman–Crippen MR) is 84.7 cm³/mol. The molecule has 0 saturated carbocycles. The first-order valence-corrected chi connectivity index (χ1v) is 7.75. The molecule has 0 spiro atoms. The monoisotopic (exact) mass is 326 g/mol. The second-order valence-electron chi connectivity index (χ2n) is 5.68. The van der Waals surface area contributed by atoms with E-state index in [1.165, 1.54) is 13.0 Å². The minimum absolute atomic E-state index is 0.0128. The average Bonchev–Trinajstić information content (AvgIpc) is 2.47. The summed E-state index contributed by atoms with van der Waals surface area (Å²) in [7, 11) is 0. The van der Waals surface area contributed by atoms with E-state index in [9.17, 15) is 14.0 Å². The van der Waals surface area contributed by atoms with Gasteiger partial charge in [-0.2, -0.15) is 0 Å². The Bertz CT molecular complexity index is 579. The third-order valence-electron chi connectivity index (χ3n) is 3.91. The number of carbonyl (C=O) groups excluding carboxylic acids is 2. The molecule has 1 aromatic rings. The summed E-state index contributed by atoms with van der Waals surface area (Å²) in [6, 6.07) is 4.77. The van der Waals surface area contributed by atoms with E-state index in [0.29, 0.717) is 26.1 Å². The third kappa shape index (κ3) is 3.97. The molecule has 1 aliphatic rings. The van der Waals surface area contributed by atoms with Crippen LogP contribution in [-0.2, 0) is 9.59 Å². The van der Waals surface area contributed by atoms with Crippen LogP contribution in [0.15, 0.2) is 18.2 Å². The summed E-state index contributed by atoms with van der Waals surface area (Å²) in [5.74, 6) is -0.393. The van der Waals surface area contributed by atoms with Crippen LogP contribution in [0.5, 0.6) is 0 Å². The second kappa shape index (κ2) is 7.09. The summed E-state index contributed by atoms with van der Waals surface area (Å²) in [6.45, 7) is 5.35. The maximum Gasteiger partial charge on any atom is 0.223 e. The quantitative estimate of drug-likeness (QED) is 0.854. The minimum atomic E-state index is -0.434. The van der Waals surface area contributed by atoms with Crippen molar-refractivity contribution in [1.82, 2.24) is 4.90 Å². The van der Waals surface area contributed by atoms with Gasteiger partial charge in [0.2, 0.25) is 5.91 Å². The first-order valence-electron chi connectivity index (χ1n) is 7.37. The summed E-state index contributed by atoms with van der Waals surface area (Å²) in [4.78, 5) is 26.9. The van der Waals surface area contributed by atoms with E-state index < -0.39 is 5.82 Å². The maximum absolute atomic E-state index is 13.3. The number of nitrogens with zero attached hydrogens (tertiary/aromatic N) is 2. The van der Waals surface area contributed by atoms with E-state index in [2.05, 4.69) is 4.90 Å². The number of ketones is 1. The van der Waals surface area contributed by atoms with Crippen LogP contribution in [0, 0.1) is 5.82 Å². The lowest BCUT2D eigenvalue weighted by molar-refractivity contribution is -0.133. The minimum Gasteiger partial charge on any atom is -0.365 e. The largest absolute Gasteiger partial charge is 0.365 e. The first kappa shape index (κ1) is 16.7. The van der Waals surface area contributed by atoms with Gasteiger partial charge in [0.05, 0.1) is 5.02 Å². The van der Waals surface area contributed by atoms with Crippen LogP contribution in [0.4, 0.5) is 10.1 Å². The van der Waals surface area contributed by atoms with Crippen molar-refractivity contribution < 1.29 is 14.0 Å². The Balaban J connectivity index is 1.99. The molecular formula is C16H20ClFN2O2. The molecule has 0 radical (unpaired) electrons. The van der Waals surface area contributed by atoms with Gasteiger partial charge in [-0.3, -0.25) is 4.79 Å². The topological polar surface area (TPSA) is 40.6 Å². The first-order chi connectivity index (χ1) is 10.4. The van der Waals surface area contributed by atoms with Gasteiger partial charge in [-0.15, -0.1) is 0 Å².